The Morgan fingerprint density at radius 1 is 1.00 bits per heavy atom. The molecule has 0 bridgehead atoms. The van der Waals surface area contributed by atoms with E-state index in [2.05, 4.69) is 22.3 Å². The fourth-order valence-electron chi connectivity index (χ4n) is 4.19. The summed E-state index contributed by atoms with van der Waals surface area (Å²) >= 11 is 0. The first kappa shape index (κ1) is 24.8. The van der Waals surface area contributed by atoms with Crippen LogP contribution in [0.15, 0.2) is 91.1 Å². The van der Waals surface area contributed by atoms with Crippen LogP contribution in [0.4, 0.5) is 5.69 Å². The fraction of sp³-hybridized carbons (Fsp3) is 0.214. The second-order valence-corrected chi connectivity index (χ2v) is 8.98. The number of non-ortho nitro benzene ring substituents is 1. The van der Waals surface area contributed by atoms with E-state index in [1.807, 2.05) is 68.8 Å². The highest BCUT2D eigenvalue weighted by atomic mass is 16.6. The third-order valence-electron chi connectivity index (χ3n) is 5.79. The van der Waals surface area contributed by atoms with E-state index in [1.54, 1.807) is 16.8 Å². The number of nitrogens with zero attached hydrogens (tertiary/aromatic N) is 4. The number of nitro groups is 1. The first-order chi connectivity index (χ1) is 17.4. The van der Waals surface area contributed by atoms with Crippen molar-refractivity contribution in [2.24, 2.45) is 0 Å². The minimum atomic E-state index is -0.432. The van der Waals surface area contributed by atoms with Gasteiger partial charge in [-0.25, -0.2) is 4.68 Å². The number of nitro benzene ring substituents is 1. The Balaban J connectivity index is 1.59. The Hall–Kier alpha value is -4.30. The number of para-hydroxylation sites is 1. The second kappa shape index (κ2) is 11.4. The van der Waals surface area contributed by atoms with Crippen molar-refractivity contribution in [3.05, 3.63) is 112 Å². The molecule has 0 aliphatic rings. The Kier molecular flexibility index (Phi) is 7.87. The standard InChI is InChI=1S/C28H29N5O3/c1-31(2)20-24(17-21-9-5-3-6-10-21)29-27(34)18-23-19-32(25-11-7-4-8-12-25)30-28(23)22-13-15-26(16-14-22)33(35)36/h3-16,19,24H,17-18,20H2,1-2H3,(H,29,34). The number of carbonyl (C=O) groups is 1. The number of rotatable bonds is 10. The Bertz CT molecular complexity index is 1300. The van der Waals surface area contributed by atoms with Gasteiger partial charge in [-0.05, 0) is 50.3 Å². The maximum Gasteiger partial charge on any atom is 0.269 e. The van der Waals surface area contributed by atoms with Crippen LogP contribution in [0.1, 0.15) is 11.1 Å². The molecule has 36 heavy (non-hydrogen) atoms. The molecule has 0 spiro atoms. The summed E-state index contributed by atoms with van der Waals surface area (Å²) < 4.78 is 1.74. The number of amides is 1. The van der Waals surface area contributed by atoms with Crippen LogP contribution in [0.25, 0.3) is 16.9 Å². The molecular formula is C28H29N5O3. The molecule has 1 aromatic heterocycles. The van der Waals surface area contributed by atoms with E-state index < -0.39 is 4.92 Å². The summed E-state index contributed by atoms with van der Waals surface area (Å²) in [6, 6.07) is 25.9. The summed E-state index contributed by atoms with van der Waals surface area (Å²) in [6.07, 6.45) is 2.71. The molecule has 184 valence electrons. The van der Waals surface area contributed by atoms with Gasteiger partial charge in [0.05, 0.1) is 22.7 Å². The lowest BCUT2D eigenvalue weighted by atomic mass is 10.0. The van der Waals surface area contributed by atoms with Gasteiger partial charge in [-0.2, -0.15) is 5.10 Å². The third kappa shape index (κ3) is 6.43. The maximum absolute atomic E-state index is 13.2. The lowest BCUT2D eigenvalue weighted by molar-refractivity contribution is -0.384. The number of hydrogen-bond acceptors (Lipinski definition) is 5. The summed E-state index contributed by atoms with van der Waals surface area (Å²) in [6.45, 7) is 0.707. The summed E-state index contributed by atoms with van der Waals surface area (Å²) in [5.74, 6) is -0.103. The predicted molar refractivity (Wildman–Crippen MR) is 140 cm³/mol. The van der Waals surface area contributed by atoms with Crippen molar-refractivity contribution in [1.82, 2.24) is 20.0 Å². The van der Waals surface area contributed by atoms with E-state index in [4.69, 9.17) is 5.10 Å². The number of aromatic nitrogens is 2. The molecular weight excluding hydrogens is 454 g/mol. The molecule has 0 fully saturated rings. The number of likely N-dealkylation sites (N-methyl/N-ethyl adjacent to an activating group) is 1. The van der Waals surface area contributed by atoms with Gasteiger partial charge in [-0.3, -0.25) is 14.9 Å². The van der Waals surface area contributed by atoms with Gasteiger partial charge in [-0.15, -0.1) is 0 Å². The molecule has 0 saturated heterocycles. The second-order valence-electron chi connectivity index (χ2n) is 8.98. The molecule has 0 saturated carbocycles. The minimum Gasteiger partial charge on any atom is -0.351 e. The van der Waals surface area contributed by atoms with Crippen molar-refractivity contribution in [2.75, 3.05) is 20.6 Å². The van der Waals surface area contributed by atoms with Crippen molar-refractivity contribution >= 4 is 11.6 Å². The molecule has 1 amide bonds. The van der Waals surface area contributed by atoms with Crippen molar-refractivity contribution in [3.8, 4) is 16.9 Å². The summed E-state index contributed by atoms with van der Waals surface area (Å²) in [5.41, 5.74) is 4.11. The highest BCUT2D eigenvalue weighted by molar-refractivity contribution is 5.81. The quantitative estimate of drug-likeness (QED) is 0.268. The van der Waals surface area contributed by atoms with Crippen LogP contribution in [-0.2, 0) is 17.6 Å². The first-order valence-electron chi connectivity index (χ1n) is 11.8. The molecule has 4 aromatic rings. The highest BCUT2D eigenvalue weighted by Gasteiger charge is 2.19. The summed E-state index contributed by atoms with van der Waals surface area (Å²) in [4.78, 5) is 25.9. The van der Waals surface area contributed by atoms with Gasteiger partial charge in [0, 0.05) is 42.0 Å². The number of carbonyl (C=O) groups excluding carboxylic acids is 1. The van der Waals surface area contributed by atoms with Crippen molar-refractivity contribution < 1.29 is 9.72 Å². The van der Waals surface area contributed by atoms with E-state index in [9.17, 15) is 14.9 Å². The topological polar surface area (TPSA) is 93.3 Å². The van der Waals surface area contributed by atoms with Gasteiger partial charge in [0.25, 0.3) is 5.69 Å². The van der Waals surface area contributed by atoms with Crippen molar-refractivity contribution in [1.29, 1.82) is 0 Å². The van der Waals surface area contributed by atoms with Crippen LogP contribution in [0, 0.1) is 10.1 Å². The van der Waals surface area contributed by atoms with Gasteiger partial charge < -0.3 is 10.2 Å². The first-order valence-corrected chi connectivity index (χ1v) is 11.8. The zero-order chi connectivity index (χ0) is 25.5. The minimum absolute atomic E-state index is 0.00738. The van der Waals surface area contributed by atoms with E-state index in [1.165, 1.54) is 12.1 Å². The monoisotopic (exact) mass is 483 g/mol. The smallest absolute Gasteiger partial charge is 0.269 e. The largest absolute Gasteiger partial charge is 0.351 e. The molecule has 8 heteroatoms. The Morgan fingerprint density at radius 2 is 1.64 bits per heavy atom. The van der Waals surface area contributed by atoms with E-state index in [-0.39, 0.29) is 24.1 Å². The van der Waals surface area contributed by atoms with E-state index in [0.29, 0.717) is 17.8 Å². The van der Waals surface area contributed by atoms with Crippen LogP contribution in [0.3, 0.4) is 0 Å². The Labute approximate surface area is 210 Å². The van der Waals surface area contributed by atoms with Crippen LogP contribution < -0.4 is 5.32 Å². The third-order valence-corrected chi connectivity index (χ3v) is 5.79. The Morgan fingerprint density at radius 3 is 2.25 bits per heavy atom. The van der Waals surface area contributed by atoms with Crippen LogP contribution >= 0.6 is 0 Å². The average Bonchev–Trinajstić information content (AvgIpc) is 3.28. The number of nitrogens with one attached hydrogen (secondary N) is 1. The van der Waals surface area contributed by atoms with Gasteiger partial charge >= 0.3 is 0 Å². The molecule has 1 unspecified atom stereocenters. The van der Waals surface area contributed by atoms with Crippen molar-refractivity contribution in [3.63, 3.8) is 0 Å². The van der Waals surface area contributed by atoms with E-state index in [0.717, 1.165) is 23.2 Å². The zero-order valence-corrected chi connectivity index (χ0v) is 20.4. The summed E-state index contributed by atoms with van der Waals surface area (Å²) in [5, 5.41) is 19.0. The molecule has 8 nitrogen and oxygen atoms in total. The molecule has 0 aliphatic heterocycles. The molecule has 1 N–H and O–H groups in total. The number of hydrogen-bond donors (Lipinski definition) is 1. The van der Waals surface area contributed by atoms with Crippen LogP contribution in [0.2, 0.25) is 0 Å². The molecule has 4 rings (SSSR count). The highest BCUT2D eigenvalue weighted by Crippen LogP contribution is 2.26. The maximum atomic E-state index is 13.2. The van der Waals surface area contributed by atoms with Crippen LogP contribution in [-0.4, -0.2) is 52.2 Å². The molecule has 3 aromatic carbocycles. The average molecular weight is 484 g/mol. The predicted octanol–water partition coefficient (Wildman–Crippen LogP) is 4.28. The molecule has 1 heterocycles. The number of benzene rings is 3. The molecule has 0 aliphatic carbocycles. The van der Waals surface area contributed by atoms with Gasteiger partial charge in [0.1, 0.15) is 0 Å². The lowest BCUT2D eigenvalue weighted by Gasteiger charge is -2.22. The molecule has 1 atom stereocenters. The lowest BCUT2D eigenvalue weighted by Crippen LogP contribution is -2.43. The fourth-order valence-corrected chi connectivity index (χ4v) is 4.19. The van der Waals surface area contributed by atoms with Gasteiger partial charge in [-0.1, -0.05) is 48.5 Å². The molecule has 0 radical (unpaired) electrons. The van der Waals surface area contributed by atoms with E-state index >= 15 is 0 Å². The SMILES string of the molecule is CN(C)CC(Cc1ccccc1)NC(=O)Cc1cn(-c2ccccc2)nc1-c1ccc([N+](=O)[O-])cc1. The normalized spacial score (nSPS) is 11.9. The van der Waals surface area contributed by atoms with Crippen LogP contribution in [0.5, 0.6) is 0 Å². The van der Waals surface area contributed by atoms with Gasteiger partial charge in [0.15, 0.2) is 0 Å². The van der Waals surface area contributed by atoms with Crippen molar-refractivity contribution in [2.45, 2.75) is 18.9 Å². The zero-order valence-electron chi connectivity index (χ0n) is 20.4. The summed E-state index contributed by atoms with van der Waals surface area (Å²) in [7, 11) is 3.97. The van der Waals surface area contributed by atoms with Gasteiger partial charge in [0.2, 0.25) is 5.91 Å².